The maximum atomic E-state index is 10.6. The van der Waals surface area contributed by atoms with Crippen LogP contribution in [0.15, 0.2) is 24.3 Å². The summed E-state index contributed by atoms with van der Waals surface area (Å²) in [5.74, 6) is -0.247. The average Bonchev–Trinajstić information content (AvgIpc) is 2.37. The van der Waals surface area contributed by atoms with E-state index in [0.717, 1.165) is 24.2 Å². The number of hydrogen-bond acceptors (Lipinski definition) is 3. The van der Waals surface area contributed by atoms with Crippen molar-refractivity contribution in [1.29, 1.82) is 0 Å². The molecule has 0 fully saturated rings. The quantitative estimate of drug-likeness (QED) is 0.795. The van der Waals surface area contributed by atoms with Gasteiger partial charge >= 0.3 is 5.97 Å². The van der Waals surface area contributed by atoms with Crippen LogP contribution in [0.5, 0.6) is 0 Å². The zero-order valence-electron chi connectivity index (χ0n) is 11.2. The molecule has 0 aliphatic carbocycles. The van der Waals surface area contributed by atoms with E-state index in [1.165, 1.54) is 6.92 Å². The van der Waals surface area contributed by atoms with Gasteiger partial charge in [0.1, 0.15) is 6.61 Å². The van der Waals surface area contributed by atoms with Crippen molar-refractivity contribution in [3.8, 4) is 0 Å². The largest absolute Gasteiger partial charge is 0.461 e. The van der Waals surface area contributed by atoms with Crippen molar-refractivity contribution < 1.29 is 9.53 Å². The predicted octanol–water partition coefficient (Wildman–Crippen LogP) is 3.60. The van der Waals surface area contributed by atoms with Gasteiger partial charge in [-0.3, -0.25) is 4.79 Å². The monoisotopic (exact) mass is 237 g/mol. The van der Waals surface area contributed by atoms with Gasteiger partial charge in [-0.2, -0.15) is 0 Å². The fraction of sp³-hybridized carbons (Fsp3) is 0.500. The predicted molar refractivity (Wildman–Crippen MR) is 72.0 cm³/mol. The first-order chi connectivity index (χ1) is 8.22. The second-order valence-electron chi connectivity index (χ2n) is 3.40. The van der Waals surface area contributed by atoms with E-state index in [1.807, 2.05) is 38.1 Å². The Bertz CT molecular complexity index is 307. The molecule has 0 radical (unpaired) electrons. The smallest absolute Gasteiger partial charge is 0.302 e. The second kappa shape index (κ2) is 9.70. The van der Waals surface area contributed by atoms with Gasteiger partial charge in [0.15, 0.2) is 0 Å². The molecule has 1 rings (SSSR count). The molecule has 0 amide bonds. The summed E-state index contributed by atoms with van der Waals surface area (Å²) in [7, 11) is 0. The molecule has 0 saturated heterocycles. The van der Waals surface area contributed by atoms with E-state index in [2.05, 4.69) is 12.2 Å². The maximum absolute atomic E-state index is 10.6. The Labute approximate surface area is 104 Å². The molecule has 0 aliphatic rings. The van der Waals surface area contributed by atoms with E-state index in [9.17, 15) is 4.79 Å². The zero-order chi connectivity index (χ0) is 13.1. The van der Waals surface area contributed by atoms with E-state index in [1.54, 1.807) is 0 Å². The number of anilines is 1. The highest BCUT2D eigenvalue weighted by Crippen LogP contribution is 2.10. The van der Waals surface area contributed by atoms with E-state index < -0.39 is 0 Å². The molecule has 17 heavy (non-hydrogen) atoms. The molecular formula is C14H23NO2. The molecule has 0 unspecified atom stereocenters. The van der Waals surface area contributed by atoms with Crippen molar-refractivity contribution in [2.45, 2.75) is 40.7 Å². The summed E-state index contributed by atoms with van der Waals surface area (Å²) < 4.78 is 4.89. The van der Waals surface area contributed by atoms with Crippen LogP contribution in [0.2, 0.25) is 0 Å². The van der Waals surface area contributed by atoms with Gasteiger partial charge in [0.25, 0.3) is 0 Å². The van der Waals surface area contributed by atoms with Crippen LogP contribution in [0.3, 0.4) is 0 Å². The molecular weight excluding hydrogens is 214 g/mol. The Kier molecular flexibility index (Phi) is 8.84. The highest BCUT2D eigenvalue weighted by atomic mass is 16.5. The number of hydrogen-bond donors (Lipinski definition) is 1. The third kappa shape index (κ3) is 7.39. The average molecular weight is 237 g/mol. The Morgan fingerprint density at radius 3 is 2.29 bits per heavy atom. The molecule has 3 heteroatoms. The minimum atomic E-state index is -0.247. The molecule has 0 atom stereocenters. The third-order valence-electron chi connectivity index (χ3n) is 1.98. The molecule has 1 aromatic carbocycles. The number of ether oxygens (including phenoxy) is 1. The summed E-state index contributed by atoms with van der Waals surface area (Å²) in [4.78, 5) is 10.6. The van der Waals surface area contributed by atoms with Gasteiger partial charge in [0.2, 0.25) is 0 Å². The Hall–Kier alpha value is -1.51. The highest BCUT2D eigenvalue weighted by Gasteiger charge is 1.96. The molecule has 0 aromatic heterocycles. The van der Waals surface area contributed by atoms with Gasteiger partial charge < -0.3 is 10.1 Å². The molecule has 1 aromatic rings. The first-order valence-corrected chi connectivity index (χ1v) is 6.18. The van der Waals surface area contributed by atoms with Crippen molar-refractivity contribution in [1.82, 2.24) is 0 Å². The fourth-order valence-electron chi connectivity index (χ4n) is 1.17. The molecule has 3 nitrogen and oxygen atoms in total. The van der Waals surface area contributed by atoms with Crippen LogP contribution in [0.1, 0.15) is 39.7 Å². The number of benzene rings is 1. The van der Waals surface area contributed by atoms with Crippen molar-refractivity contribution in [2.24, 2.45) is 0 Å². The summed E-state index contributed by atoms with van der Waals surface area (Å²) in [6.45, 7) is 8.87. The lowest BCUT2D eigenvalue weighted by molar-refractivity contribution is -0.142. The summed E-state index contributed by atoms with van der Waals surface area (Å²) in [6.07, 6.45) is 1.11. The fourth-order valence-corrected chi connectivity index (χ4v) is 1.17. The topological polar surface area (TPSA) is 38.3 Å². The van der Waals surface area contributed by atoms with Gasteiger partial charge in [0, 0.05) is 19.2 Å². The van der Waals surface area contributed by atoms with Crippen LogP contribution < -0.4 is 5.32 Å². The summed E-state index contributed by atoms with van der Waals surface area (Å²) in [5, 5.41) is 3.28. The van der Waals surface area contributed by atoms with E-state index in [4.69, 9.17) is 4.74 Å². The van der Waals surface area contributed by atoms with Crippen LogP contribution in [0.4, 0.5) is 5.69 Å². The number of carbonyl (C=O) groups excluding carboxylic acids is 1. The van der Waals surface area contributed by atoms with Crippen LogP contribution in [-0.4, -0.2) is 12.5 Å². The van der Waals surface area contributed by atoms with Crippen LogP contribution in [-0.2, 0) is 16.1 Å². The van der Waals surface area contributed by atoms with Crippen LogP contribution in [0, 0.1) is 0 Å². The first kappa shape index (κ1) is 15.5. The highest BCUT2D eigenvalue weighted by molar-refractivity contribution is 5.65. The minimum Gasteiger partial charge on any atom is -0.461 e. The molecule has 0 saturated carbocycles. The summed E-state index contributed by atoms with van der Waals surface area (Å²) in [6, 6.07) is 7.91. The van der Waals surface area contributed by atoms with Crippen LogP contribution >= 0.6 is 0 Å². The van der Waals surface area contributed by atoms with Crippen LogP contribution in [0.25, 0.3) is 0 Å². The van der Waals surface area contributed by atoms with E-state index in [-0.39, 0.29) is 5.97 Å². The SMILES string of the molecule is CC.CCCNc1ccc(COC(C)=O)cc1. The second-order valence-corrected chi connectivity index (χ2v) is 3.40. The number of nitrogens with one attached hydrogen (secondary N) is 1. The van der Waals surface area contributed by atoms with Gasteiger partial charge in [-0.25, -0.2) is 0 Å². The zero-order valence-corrected chi connectivity index (χ0v) is 11.2. The number of rotatable bonds is 5. The molecule has 0 spiro atoms. The lowest BCUT2D eigenvalue weighted by Crippen LogP contribution is -2.01. The van der Waals surface area contributed by atoms with Crippen molar-refractivity contribution in [2.75, 3.05) is 11.9 Å². The Morgan fingerprint density at radius 2 is 1.82 bits per heavy atom. The maximum Gasteiger partial charge on any atom is 0.302 e. The minimum absolute atomic E-state index is 0.247. The Morgan fingerprint density at radius 1 is 1.24 bits per heavy atom. The standard InChI is InChI=1S/C12H17NO2.C2H6/c1-3-8-13-12-6-4-11(5-7-12)9-15-10(2)14;1-2/h4-7,13H,3,8-9H2,1-2H3;1-2H3. The third-order valence-corrected chi connectivity index (χ3v) is 1.98. The van der Waals surface area contributed by atoms with Gasteiger partial charge in [0.05, 0.1) is 0 Å². The summed E-state index contributed by atoms with van der Waals surface area (Å²) >= 11 is 0. The molecule has 0 bridgehead atoms. The van der Waals surface area contributed by atoms with Gasteiger partial charge in [-0.05, 0) is 24.1 Å². The molecule has 96 valence electrons. The normalized spacial score (nSPS) is 8.94. The number of esters is 1. The molecule has 0 heterocycles. The van der Waals surface area contributed by atoms with Crippen molar-refractivity contribution >= 4 is 11.7 Å². The van der Waals surface area contributed by atoms with E-state index in [0.29, 0.717) is 6.61 Å². The van der Waals surface area contributed by atoms with Gasteiger partial charge in [-0.1, -0.05) is 32.9 Å². The van der Waals surface area contributed by atoms with E-state index >= 15 is 0 Å². The first-order valence-electron chi connectivity index (χ1n) is 6.18. The summed E-state index contributed by atoms with van der Waals surface area (Å²) in [5.41, 5.74) is 2.11. The lowest BCUT2D eigenvalue weighted by Gasteiger charge is -2.06. The van der Waals surface area contributed by atoms with Gasteiger partial charge in [-0.15, -0.1) is 0 Å². The van der Waals surface area contributed by atoms with Crippen molar-refractivity contribution in [3.63, 3.8) is 0 Å². The lowest BCUT2D eigenvalue weighted by atomic mass is 10.2. The molecule has 1 N–H and O–H groups in total. The Balaban J connectivity index is 0.00000121. The molecule has 0 aliphatic heterocycles. The number of carbonyl (C=O) groups is 1. The van der Waals surface area contributed by atoms with Crippen molar-refractivity contribution in [3.05, 3.63) is 29.8 Å².